The summed E-state index contributed by atoms with van der Waals surface area (Å²) in [4.78, 5) is 0. The highest BCUT2D eigenvalue weighted by molar-refractivity contribution is 5.08. The van der Waals surface area contributed by atoms with Crippen LogP contribution in [0.5, 0.6) is 0 Å². The summed E-state index contributed by atoms with van der Waals surface area (Å²) in [6, 6.07) is 0. The average molecular weight is 910 g/mol. The summed E-state index contributed by atoms with van der Waals surface area (Å²) in [6.45, 7) is -18.5. The molecule has 0 aliphatic carbocycles. The van der Waals surface area contributed by atoms with Crippen LogP contribution in [0.1, 0.15) is 0 Å². The number of alkyl halides is 33. The molecule has 0 rings (SSSR count). The van der Waals surface area contributed by atoms with E-state index in [1.807, 2.05) is 0 Å². The molecule has 0 saturated carbocycles. The maximum atomic E-state index is 13.8. The molecule has 55 heavy (non-hydrogen) atoms. The molecule has 0 aromatic rings. The minimum Gasteiger partial charge on any atom is -0.323 e. The van der Waals surface area contributed by atoms with Gasteiger partial charge in [0.2, 0.25) is 0 Å². The molecular weight excluding hydrogens is 903 g/mol. The highest BCUT2D eigenvalue weighted by Gasteiger charge is 2.89. The van der Waals surface area contributed by atoms with Gasteiger partial charge in [-0.25, -0.2) is 0 Å². The molecular formula is C19H7F33O3. The zero-order valence-electron chi connectivity index (χ0n) is 23.9. The minimum absolute atomic E-state index is 2.70. The van der Waals surface area contributed by atoms with Crippen molar-refractivity contribution in [2.45, 2.75) is 96.1 Å². The molecule has 332 valence electrons. The smallest absolute Gasteiger partial charge is 0.323 e. The lowest BCUT2D eigenvalue weighted by molar-refractivity contribution is -0.440. The first-order chi connectivity index (χ1) is 23.3. The van der Waals surface area contributed by atoms with E-state index in [1.165, 1.54) is 0 Å². The van der Waals surface area contributed by atoms with Gasteiger partial charge in [0, 0.05) is 0 Å². The van der Waals surface area contributed by atoms with Crippen LogP contribution in [0.15, 0.2) is 0 Å². The highest BCUT2D eigenvalue weighted by Crippen LogP contribution is 2.60. The summed E-state index contributed by atoms with van der Waals surface area (Å²) in [5, 5.41) is 0. The van der Waals surface area contributed by atoms with E-state index in [1.54, 1.807) is 0 Å². The summed E-state index contributed by atoms with van der Waals surface area (Å²) in [5.41, 5.74) is 0. The number of hydrogen-bond donors (Lipinski definition) is 0. The van der Waals surface area contributed by atoms with Crippen LogP contribution in [0.25, 0.3) is 0 Å². The molecule has 0 unspecified atom stereocenters. The van der Waals surface area contributed by atoms with Crippen molar-refractivity contribution in [1.29, 1.82) is 0 Å². The van der Waals surface area contributed by atoms with E-state index in [9.17, 15) is 145 Å². The van der Waals surface area contributed by atoms with E-state index < -0.39 is 116 Å². The second-order valence-electron chi connectivity index (χ2n) is 10.00. The number of halogens is 33. The Balaban J connectivity index is 7.08. The molecule has 0 fully saturated rings. The summed E-state index contributed by atoms with van der Waals surface area (Å²) >= 11 is 0. The predicted octanol–water partition coefficient (Wildman–Crippen LogP) is 10.6. The Morgan fingerprint density at radius 2 is 0.364 bits per heavy atom. The van der Waals surface area contributed by atoms with Gasteiger partial charge in [0.15, 0.2) is 0 Å². The lowest BCUT2D eigenvalue weighted by Crippen LogP contribution is -2.68. The second kappa shape index (κ2) is 14.1. The molecule has 0 aromatic heterocycles. The van der Waals surface area contributed by atoms with Gasteiger partial charge < -0.3 is 14.2 Å². The average Bonchev–Trinajstić information content (AvgIpc) is 2.93. The van der Waals surface area contributed by atoms with Crippen molar-refractivity contribution >= 4 is 0 Å². The first-order valence-corrected chi connectivity index (χ1v) is 11.9. The third-order valence-corrected chi connectivity index (χ3v) is 6.01. The van der Waals surface area contributed by atoms with Crippen molar-refractivity contribution < 1.29 is 159 Å². The summed E-state index contributed by atoms with van der Waals surface area (Å²) in [5.74, 6) is -98.2. The SMILES string of the molecule is FC(F)(F)C(F)(F)C(F)(F)C(F)(F)C(F)(F)COC(OCC(F)(F)C(F)(F)C(F)(F)C(F)(F)C(F)(F)F)OCC(F)(F)C(F)(F)C(F)(F)C(F)(F)C(F)(F)F. The van der Waals surface area contributed by atoms with E-state index >= 15 is 0 Å². The van der Waals surface area contributed by atoms with E-state index in [-0.39, 0.29) is 0 Å². The van der Waals surface area contributed by atoms with Crippen molar-refractivity contribution in [2.24, 2.45) is 0 Å². The first-order valence-electron chi connectivity index (χ1n) is 11.9. The fourth-order valence-electron chi connectivity index (χ4n) is 2.75. The van der Waals surface area contributed by atoms with Gasteiger partial charge in [-0.1, -0.05) is 0 Å². The van der Waals surface area contributed by atoms with Crippen LogP contribution in [-0.4, -0.2) is 116 Å². The molecule has 0 aromatic carbocycles. The van der Waals surface area contributed by atoms with Gasteiger partial charge >= 0.3 is 89.6 Å². The molecule has 0 bridgehead atoms. The van der Waals surface area contributed by atoms with Gasteiger partial charge in [-0.2, -0.15) is 145 Å². The van der Waals surface area contributed by atoms with Crippen molar-refractivity contribution in [3.8, 4) is 0 Å². The Bertz CT molecular complexity index is 1150. The van der Waals surface area contributed by atoms with Crippen LogP contribution in [0.4, 0.5) is 145 Å². The Labute approximate surface area is 276 Å². The van der Waals surface area contributed by atoms with Crippen LogP contribution in [-0.2, 0) is 14.2 Å². The third kappa shape index (κ3) is 8.30. The van der Waals surface area contributed by atoms with Gasteiger partial charge in [0.1, 0.15) is 19.8 Å². The van der Waals surface area contributed by atoms with Crippen molar-refractivity contribution in [3.63, 3.8) is 0 Å². The van der Waals surface area contributed by atoms with Crippen molar-refractivity contribution in [2.75, 3.05) is 19.8 Å². The summed E-state index contributed by atoms with van der Waals surface area (Å²) < 4.78 is 440. The molecule has 0 aliphatic heterocycles. The molecule has 0 amide bonds. The Morgan fingerprint density at radius 3 is 0.491 bits per heavy atom. The molecule has 36 heteroatoms. The molecule has 0 saturated heterocycles. The topological polar surface area (TPSA) is 27.7 Å². The predicted molar refractivity (Wildman–Crippen MR) is 99.2 cm³/mol. The second-order valence-corrected chi connectivity index (χ2v) is 10.00. The fourth-order valence-corrected chi connectivity index (χ4v) is 2.75. The molecule has 0 spiro atoms. The highest BCUT2D eigenvalue weighted by atomic mass is 19.5. The third-order valence-electron chi connectivity index (χ3n) is 6.01. The molecule has 3 nitrogen and oxygen atoms in total. The largest absolute Gasteiger partial charge is 0.460 e. The van der Waals surface area contributed by atoms with E-state index in [2.05, 4.69) is 14.2 Å². The molecule has 0 heterocycles. The summed E-state index contributed by atoms with van der Waals surface area (Å²) in [7, 11) is 0. The van der Waals surface area contributed by atoms with Crippen LogP contribution in [0, 0.1) is 0 Å². The standard InChI is InChI=1S/C19H7F33O3/c20-5(21,8(26,27)11(32,33)14(38,39)17(44,45)46)1-53-4(54-2-6(22,23)9(28,29)12(34,35)15(40,41)18(47,48)49)55-3-7(24,25)10(30,31)13(36,37)16(42,43)19(50,51)52/h4H,1-3H2. The van der Waals surface area contributed by atoms with Gasteiger partial charge in [-0.05, 0) is 0 Å². The minimum atomic E-state index is -8.49. The molecule has 0 N–H and O–H groups in total. The van der Waals surface area contributed by atoms with Gasteiger partial charge in [0.25, 0.3) is 6.48 Å². The monoisotopic (exact) mass is 910 g/mol. The zero-order chi connectivity index (χ0) is 45.3. The van der Waals surface area contributed by atoms with Crippen molar-refractivity contribution in [1.82, 2.24) is 0 Å². The van der Waals surface area contributed by atoms with E-state index in [0.717, 1.165) is 0 Å². The van der Waals surface area contributed by atoms with Crippen LogP contribution in [0.2, 0.25) is 0 Å². The maximum Gasteiger partial charge on any atom is 0.460 e. The first kappa shape index (κ1) is 52.6. The Hall–Kier alpha value is -2.43. The number of rotatable bonds is 18. The van der Waals surface area contributed by atoms with E-state index in [4.69, 9.17) is 0 Å². The number of hydrogen-bond acceptors (Lipinski definition) is 3. The molecule has 0 radical (unpaired) electrons. The van der Waals surface area contributed by atoms with Gasteiger partial charge in [-0.3, -0.25) is 0 Å². The molecule has 0 atom stereocenters. The number of ether oxygens (including phenoxy) is 3. The van der Waals surface area contributed by atoms with Crippen molar-refractivity contribution in [3.05, 3.63) is 0 Å². The summed E-state index contributed by atoms with van der Waals surface area (Å²) in [6.07, 6.45) is -23.8. The quantitative estimate of drug-likeness (QED) is 0.101. The van der Waals surface area contributed by atoms with E-state index in [0.29, 0.717) is 0 Å². The lowest BCUT2D eigenvalue weighted by atomic mass is 9.98. The molecule has 0 aliphatic rings. The maximum absolute atomic E-state index is 13.8. The zero-order valence-corrected chi connectivity index (χ0v) is 23.9. The van der Waals surface area contributed by atoms with Crippen LogP contribution < -0.4 is 0 Å². The Kier molecular flexibility index (Phi) is 13.5. The van der Waals surface area contributed by atoms with Gasteiger partial charge in [0.05, 0.1) is 0 Å². The fraction of sp³-hybridized carbons (Fsp3) is 1.00. The lowest BCUT2D eigenvalue weighted by Gasteiger charge is -2.38. The Morgan fingerprint density at radius 1 is 0.218 bits per heavy atom. The van der Waals surface area contributed by atoms with Gasteiger partial charge in [-0.15, -0.1) is 0 Å². The normalized spacial score (nSPS) is 16.7. The van der Waals surface area contributed by atoms with Crippen LogP contribution in [0.3, 0.4) is 0 Å². The van der Waals surface area contributed by atoms with Crippen LogP contribution >= 0.6 is 0 Å².